The Morgan fingerprint density at radius 2 is 1.95 bits per heavy atom. The second-order valence-corrected chi connectivity index (χ2v) is 7.64. The summed E-state index contributed by atoms with van der Waals surface area (Å²) in [5.74, 6) is -0.188. The highest BCUT2D eigenvalue weighted by Gasteiger charge is 2.30. The lowest BCUT2D eigenvalue weighted by molar-refractivity contribution is -0.126. The summed E-state index contributed by atoms with van der Waals surface area (Å²) >= 11 is 10.8. The summed E-state index contributed by atoms with van der Waals surface area (Å²) in [5, 5.41) is 2.88. The monoisotopic (exact) mass is 422 g/mol. The summed E-state index contributed by atoms with van der Waals surface area (Å²) in [4.78, 5) is 13.4. The standard InChI is InChI=1S/C15H16BrClN2OS.ClH/c1-15(18,10-2-4-11(16)5-3-10)14(20)19-9-8-12-6-7-13(17)21-12;/h2-7H,8-9,18H2,1H3,(H,19,20);1H. The molecule has 2 rings (SSSR count). The fraction of sp³-hybridized carbons (Fsp3) is 0.267. The van der Waals surface area contributed by atoms with E-state index in [1.54, 1.807) is 6.92 Å². The number of carbonyl (C=O) groups is 1. The molecule has 22 heavy (non-hydrogen) atoms. The molecule has 7 heteroatoms. The number of benzene rings is 1. The fourth-order valence-electron chi connectivity index (χ4n) is 1.90. The molecule has 2 aromatic rings. The maximum Gasteiger partial charge on any atom is 0.244 e. The van der Waals surface area contributed by atoms with Crippen LogP contribution < -0.4 is 11.1 Å². The average Bonchev–Trinajstić information content (AvgIpc) is 2.85. The Hall–Kier alpha value is -0.590. The lowest BCUT2D eigenvalue weighted by Gasteiger charge is -2.24. The number of halogens is 3. The molecule has 3 N–H and O–H groups in total. The molecular weight excluding hydrogens is 407 g/mol. The number of hydrogen-bond donors (Lipinski definition) is 2. The van der Waals surface area contributed by atoms with Crippen LogP contribution >= 0.6 is 51.3 Å². The third kappa shape index (κ3) is 4.96. The van der Waals surface area contributed by atoms with Crippen molar-refractivity contribution < 1.29 is 4.79 Å². The molecule has 0 radical (unpaired) electrons. The number of thiophene rings is 1. The fourth-order valence-corrected chi connectivity index (χ4v) is 3.25. The van der Waals surface area contributed by atoms with Gasteiger partial charge in [0, 0.05) is 15.9 Å². The van der Waals surface area contributed by atoms with Crippen LogP contribution in [0.5, 0.6) is 0 Å². The van der Waals surface area contributed by atoms with Crippen molar-refractivity contribution in [1.29, 1.82) is 0 Å². The second-order valence-electron chi connectivity index (χ2n) is 4.92. The van der Waals surface area contributed by atoms with Crippen molar-refractivity contribution in [3.05, 3.63) is 55.6 Å². The molecule has 0 aliphatic rings. The maximum absolute atomic E-state index is 12.3. The van der Waals surface area contributed by atoms with Crippen LogP contribution in [0.4, 0.5) is 0 Å². The van der Waals surface area contributed by atoms with Gasteiger partial charge in [-0.2, -0.15) is 0 Å². The van der Waals surface area contributed by atoms with Crippen molar-refractivity contribution in [2.45, 2.75) is 18.9 Å². The molecular formula is C15H17BrCl2N2OS. The Labute approximate surface area is 153 Å². The SMILES string of the molecule is CC(N)(C(=O)NCCc1ccc(Cl)s1)c1ccc(Br)cc1.Cl. The highest BCUT2D eigenvalue weighted by molar-refractivity contribution is 9.10. The van der Waals surface area contributed by atoms with Crippen LogP contribution in [0.1, 0.15) is 17.4 Å². The number of nitrogens with one attached hydrogen (secondary N) is 1. The predicted octanol–water partition coefficient (Wildman–Crippen LogP) is 4.12. The Morgan fingerprint density at radius 3 is 2.50 bits per heavy atom. The molecule has 3 nitrogen and oxygen atoms in total. The Kier molecular flexibility index (Phi) is 7.35. The molecule has 0 saturated heterocycles. The molecule has 0 fully saturated rings. The van der Waals surface area contributed by atoms with Gasteiger partial charge in [0.1, 0.15) is 5.54 Å². The predicted molar refractivity (Wildman–Crippen MR) is 99.0 cm³/mol. The van der Waals surface area contributed by atoms with Gasteiger partial charge >= 0.3 is 0 Å². The second kappa shape index (κ2) is 8.31. The minimum absolute atomic E-state index is 0. The lowest BCUT2D eigenvalue weighted by Crippen LogP contribution is -2.49. The van der Waals surface area contributed by atoms with Crippen molar-refractivity contribution in [1.82, 2.24) is 5.32 Å². The van der Waals surface area contributed by atoms with Crippen LogP contribution in [0.15, 0.2) is 40.9 Å². The molecule has 0 spiro atoms. The van der Waals surface area contributed by atoms with Crippen LogP contribution in [0, 0.1) is 0 Å². The van der Waals surface area contributed by atoms with E-state index in [4.69, 9.17) is 17.3 Å². The van der Waals surface area contributed by atoms with E-state index < -0.39 is 5.54 Å². The van der Waals surface area contributed by atoms with Gasteiger partial charge in [-0.05, 0) is 43.2 Å². The molecule has 0 saturated carbocycles. The summed E-state index contributed by atoms with van der Waals surface area (Å²) in [5.41, 5.74) is 5.90. The van der Waals surface area contributed by atoms with E-state index in [2.05, 4.69) is 21.2 Å². The minimum atomic E-state index is -1.05. The van der Waals surface area contributed by atoms with Crippen molar-refractivity contribution in [3.8, 4) is 0 Å². The zero-order chi connectivity index (χ0) is 15.5. The van der Waals surface area contributed by atoms with Gasteiger partial charge in [-0.15, -0.1) is 23.7 Å². The van der Waals surface area contributed by atoms with Crippen LogP contribution in [-0.2, 0) is 16.8 Å². The molecule has 1 heterocycles. The molecule has 120 valence electrons. The normalized spacial score (nSPS) is 13.1. The molecule has 0 aliphatic carbocycles. The summed E-state index contributed by atoms with van der Waals surface area (Å²) in [6, 6.07) is 11.3. The van der Waals surface area contributed by atoms with E-state index in [-0.39, 0.29) is 18.3 Å². The highest BCUT2D eigenvalue weighted by Crippen LogP contribution is 2.22. The van der Waals surface area contributed by atoms with Crippen LogP contribution in [0.25, 0.3) is 0 Å². The largest absolute Gasteiger partial charge is 0.354 e. The van der Waals surface area contributed by atoms with Gasteiger partial charge in [0.15, 0.2) is 0 Å². The molecule has 1 aromatic heterocycles. The van der Waals surface area contributed by atoms with E-state index in [1.165, 1.54) is 11.3 Å². The molecule has 1 atom stereocenters. The van der Waals surface area contributed by atoms with E-state index in [0.717, 1.165) is 25.7 Å². The lowest BCUT2D eigenvalue weighted by atomic mass is 9.92. The van der Waals surface area contributed by atoms with E-state index in [0.29, 0.717) is 6.54 Å². The van der Waals surface area contributed by atoms with Gasteiger partial charge < -0.3 is 11.1 Å². The smallest absolute Gasteiger partial charge is 0.244 e. The van der Waals surface area contributed by atoms with Gasteiger partial charge in [0.05, 0.1) is 4.34 Å². The van der Waals surface area contributed by atoms with Crippen LogP contribution in [-0.4, -0.2) is 12.5 Å². The first-order chi connectivity index (χ1) is 9.89. The van der Waals surface area contributed by atoms with E-state index in [9.17, 15) is 4.79 Å². The van der Waals surface area contributed by atoms with Gasteiger partial charge in [-0.3, -0.25) is 4.79 Å². The molecule has 0 bridgehead atoms. The molecule has 1 aromatic carbocycles. The van der Waals surface area contributed by atoms with Crippen molar-refractivity contribution in [2.75, 3.05) is 6.54 Å². The topological polar surface area (TPSA) is 55.1 Å². The zero-order valence-corrected chi connectivity index (χ0v) is 15.9. The Morgan fingerprint density at radius 1 is 1.32 bits per heavy atom. The average molecular weight is 424 g/mol. The van der Waals surface area contributed by atoms with Crippen molar-refractivity contribution in [3.63, 3.8) is 0 Å². The highest BCUT2D eigenvalue weighted by atomic mass is 79.9. The molecule has 1 amide bonds. The van der Waals surface area contributed by atoms with Crippen LogP contribution in [0.3, 0.4) is 0 Å². The third-order valence-corrected chi connectivity index (χ3v) is 5.02. The van der Waals surface area contributed by atoms with E-state index in [1.807, 2.05) is 36.4 Å². The molecule has 1 unspecified atom stereocenters. The number of nitrogens with two attached hydrogens (primary N) is 1. The van der Waals surface area contributed by atoms with Crippen LogP contribution in [0.2, 0.25) is 4.34 Å². The van der Waals surface area contributed by atoms with Gasteiger partial charge in [0.25, 0.3) is 0 Å². The number of rotatable bonds is 5. The Bertz CT molecular complexity index is 629. The Balaban J connectivity index is 0.00000242. The first-order valence-electron chi connectivity index (χ1n) is 6.47. The van der Waals surface area contributed by atoms with Crippen molar-refractivity contribution >= 4 is 57.2 Å². The third-order valence-electron chi connectivity index (χ3n) is 3.20. The van der Waals surface area contributed by atoms with E-state index >= 15 is 0 Å². The quantitative estimate of drug-likeness (QED) is 0.759. The number of carbonyl (C=O) groups excluding carboxylic acids is 1. The summed E-state index contributed by atoms with van der Waals surface area (Å²) in [7, 11) is 0. The van der Waals surface area contributed by atoms with Gasteiger partial charge in [0.2, 0.25) is 5.91 Å². The first-order valence-corrected chi connectivity index (χ1v) is 8.46. The zero-order valence-electron chi connectivity index (χ0n) is 11.9. The summed E-state index contributed by atoms with van der Waals surface area (Å²) in [6.45, 7) is 2.26. The first kappa shape index (κ1) is 19.5. The number of hydrogen-bond acceptors (Lipinski definition) is 3. The maximum atomic E-state index is 12.3. The van der Waals surface area contributed by atoms with Crippen molar-refractivity contribution in [2.24, 2.45) is 5.73 Å². The minimum Gasteiger partial charge on any atom is -0.354 e. The molecule has 0 aliphatic heterocycles. The van der Waals surface area contributed by atoms with Gasteiger partial charge in [-0.1, -0.05) is 39.7 Å². The summed E-state index contributed by atoms with van der Waals surface area (Å²) in [6.07, 6.45) is 0.750. The van der Waals surface area contributed by atoms with Gasteiger partial charge in [-0.25, -0.2) is 0 Å². The number of amides is 1. The summed E-state index contributed by atoms with van der Waals surface area (Å²) < 4.78 is 1.71.